The van der Waals surface area contributed by atoms with Gasteiger partial charge in [-0.15, -0.1) is 0 Å². The van der Waals surface area contributed by atoms with Gasteiger partial charge in [-0.1, -0.05) is 46.5 Å². The largest absolute Gasteiger partial charge is 0.381 e. The quantitative estimate of drug-likeness (QED) is 0.680. The van der Waals surface area contributed by atoms with Crippen molar-refractivity contribution < 1.29 is 4.74 Å². The highest BCUT2D eigenvalue weighted by Crippen LogP contribution is 2.39. The molecule has 0 aromatic carbocycles. The normalized spacial score (nSPS) is 41.8. The van der Waals surface area contributed by atoms with Crippen molar-refractivity contribution >= 4 is 0 Å². The number of hydrogen-bond donors (Lipinski definition) is 0. The van der Waals surface area contributed by atoms with Crippen LogP contribution in [0.1, 0.15) is 72.1 Å². The van der Waals surface area contributed by atoms with Crippen molar-refractivity contribution in [2.45, 2.75) is 72.1 Å². The molecule has 2 rings (SSSR count). The molecule has 2 saturated carbocycles. The van der Waals surface area contributed by atoms with Crippen molar-refractivity contribution in [1.29, 1.82) is 0 Å². The third kappa shape index (κ3) is 4.26. The standard InChI is InChI=1S/C17H32O/c1-14-4-6-16(7-5-14)12-18-13-17(3)10-8-15(2)9-11-17/h14-16H,4-13H2,1-3H3. The van der Waals surface area contributed by atoms with E-state index in [1.165, 1.54) is 51.4 Å². The van der Waals surface area contributed by atoms with E-state index in [-0.39, 0.29) is 0 Å². The van der Waals surface area contributed by atoms with Gasteiger partial charge in [-0.25, -0.2) is 0 Å². The molecule has 0 spiro atoms. The van der Waals surface area contributed by atoms with E-state index in [4.69, 9.17) is 4.74 Å². The lowest BCUT2D eigenvalue weighted by atomic mass is 9.73. The first-order valence-corrected chi connectivity index (χ1v) is 8.15. The molecule has 18 heavy (non-hydrogen) atoms. The fourth-order valence-electron chi connectivity index (χ4n) is 3.57. The van der Waals surface area contributed by atoms with Crippen LogP contribution < -0.4 is 0 Å². The smallest absolute Gasteiger partial charge is 0.0519 e. The molecule has 0 aliphatic heterocycles. The van der Waals surface area contributed by atoms with Crippen molar-refractivity contribution in [2.24, 2.45) is 23.2 Å². The molecule has 1 heteroatoms. The van der Waals surface area contributed by atoms with Crippen molar-refractivity contribution in [1.82, 2.24) is 0 Å². The number of rotatable bonds is 4. The minimum atomic E-state index is 0.481. The second kappa shape index (κ2) is 6.41. The lowest BCUT2D eigenvalue weighted by molar-refractivity contribution is 0.000853. The lowest BCUT2D eigenvalue weighted by Crippen LogP contribution is -2.30. The van der Waals surface area contributed by atoms with Gasteiger partial charge in [0.15, 0.2) is 0 Å². The molecule has 0 radical (unpaired) electrons. The van der Waals surface area contributed by atoms with Gasteiger partial charge in [0.05, 0.1) is 6.61 Å². The van der Waals surface area contributed by atoms with Crippen LogP contribution in [0.2, 0.25) is 0 Å². The predicted molar refractivity (Wildman–Crippen MR) is 77.7 cm³/mol. The van der Waals surface area contributed by atoms with E-state index < -0.39 is 0 Å². The minimum Gasteiger partial charge on any atom is -0.381 e. The molecular weight excluding hydrogens is 220 g/mol. The van der Waals surface area contributed by atoms with E-state index in [1.807, 2.05) is 0 Å². The molecule has 0 atom stereocenters. The fraction of sp³-hybridized carbons (Fsp3) is 1.00. The number of hydrogen-bond acceptors (Lipinski definition) is 1. The average molecular weight is 252 g/mol. The summed E-state index contributed by atoms with van der Waals surface area (Å²) in [6, 6.07) is 0. The monoisotopic (exact) mass is 252 g/mol. The van der Waals surface area contributed by atoms with Gasteiger partial charge in [0.25, 0.3) is 0 Å². The maximum absolute atomic E-state index is 6.09. The Balaban J connectivity index is 1.63. The van der Waals surface area contributed by atoms with Crippen LogP contribution in [0.25, 0.3) is 0 Å². The second-order valence-corrected chi connectivity index (χ2v) is 7.63. The third-order valence-corrected chi connectivity index (χ3v) is 5.42. The summed E-state index contributed by atoms with van der Waals surface area (Å²) in [6.07, 6.45) is 11.2. The first-order valence-electron chi connectivity index (χ1n) is 8.15. The van der Waals surface area contributed by atoms with Gasteiger partial charge in [-0.3, -0.25) is 0 Å². The SMILES string of the molecule is CC1CCC(COCC2(C)CCC(C)CC2)CC1. The zero-order valence-electron chi connectivity index (χ0n) is 12.7. The molecule has 1 nitrogen and oxygen atoms in total. The maximum Gasteiger partial charge on any atom is 0.0519 e. The lowest BCUT2D eigenvalue weighted by Gasteiger charge is -2.36. The minimum absolute atomic E-state index is 0.481. The summed E-state index contributed by atoms with van der Waals surface area (Å²) in [5, 5.41) is 0. The summed E-state index contributed by atoms with van der Waals surface area (Å²) in [6.45, 7) is 9.25. The predicted octanol–water partition coefficient (Wildman–Crippen LogP) is 5.05. The van der Waals surface area contributed by atoms with Crippen LogP contribution in [0.3, 0.4) is 0 Å². The Morgan fingerprint density at radius 2 is 1.44 bits per heavy atom. The van der Waals surface area contributed by atoms with E-state index >= 15 is 0 Å². The molecule has 0 saturated heterocycles. The molecule has 0 bridgehead atoms. The van der Waals surface area contributed by atoms with Gasteiger partial charge < -0.3 is 4.74 Å². The average Bonchev–Trinajstić information content (AvgIpc) is 2.36. The highest BCUT2D eigenvalue weighted by Gasteiger charge is 2.30. The maximum atomic E-state index is 6.09. The molecule has 0 amide bonds. The molecule has 2 aliphatic carbocycles. The second-order valence-electron chi connectivity index (χ2n) is 7.63. The fourth-order valence-corrected chi connectivity index (χ4v) is 3.57. The van der Waals surface area contributed by atoms with Crippen molar-refractivity contribution in [2.75, 3.05) is 13.2 Å². The van der Waals surface area contributed by atoms with Gasteiger partial charge in [-0.05, 0) is 48.9 Å². The van der Waals surface area contributed by atoms with Gasteiger partial charge in [-0.2, -0.15) is 0 Å². The van der Waals surface area contributed by atoms with Crippen LogP contribution in [0.4, 0.5) is 0 Å². The van der Waals surface area contributed by atoms with E-state index in [2.05, 4.69) is 20.8 Å². The van der Waals surface area contributed by atoms with Crippen LogP contribution in [-0.4, -0.2) is 13.2 Å². The summed E-state index contributed by atoms with van der Waals surface area (Å²) < 4.78 is 6.09. The molecule has 0 heterocycles. The summed E-state index contributed by atoms with van der Waals surface area (Å²) in [5.41, 5.74) is 0.481. The molecule has 0 aromatic rings. The zero-order valence-corrected chi connectivity index (χ0v) is 12.7. The van der Waals surface area contributed by atoms with E-state index in [0.29, 0.717) is 5.41 Å². The molecule has 2 fully saturated rings. The summed E-state index contributed by atoms with van der Waals surface area (Å²) in [4.78, 5) is 0. The van der Waals surface area contributed by atoms with Crippen LogP contribution in [0.5, 0.6) is 0 Å². The Bertz CT molecular complexity index is 232. The van der Waals surface area contributed by atoms with Gasteiger partial charge >= 0.3 is 0 Å². The van der Waals surface area contributed by atoms with E-state index in [0.717, 1.165) is 31.0 Å². The zero-order chi connectivity index (χ0) is 13.0. The highest BCUT2D eigenvalue weighted by atomic mass is 16.5. The molecule has 0 N–H and O–H groups in total. The van der Waals surface area contributed by atoms with Gasteiger partial charge in [0, 0.05) is 6.61 Å². The van der Waals surface area contributed by atoms with Crippen LogP contribution in [0.15, 0.2) is 0 Å². The first-order chi connectivity index (χ1) is 8.57. The topological polar surface area (TPSA) is 9.23 Å². The van der Waals surface area contributed by atoms with Crippen LogP contribution >= 0.6 is 0 Å². The van der Waals surface area contributed by atoms with E-state index in [1.54, 1.807) is 0 Å². The Hall–Kier alpha value is -0.0400. The van der Waals surface area contributed by atoms with Gasteiger partial charge in [0.1, 0.15) is 0 Å². The Kier molecular flexibility index (Phi) is 5.12. The van der Waals surface area contributed by atoms with Gasteiger partial charge in [0.2, 0.25) is 0 Å². The molecule has 2 aliphatic rings. The summed E-state index contributed by atoms with van der Waals surface area (Å²) in [7, 11) is 0. The molecule has 0 aromatic heterocycles. The van der Waals surface area contributed by atoms with Crippen molar-refractivity contribution in [3.63, 3.8) is 0 Å². The van der Waals surface area contributed by atoms with Crippen molar-refractivity contribution in [3.05, 3.63) is 0 Å². The Labute approximate surface area is 114 Å². The summed E-state index contributed by atoms with van der Waals surface area (Å²) >= 11 is 0. The number of ether oxygens (including phenoxy) is 1. The molecular formula is C17H32O. The summed E-state index contributed by atoms with van der Waals surface area (Å²) in [5.74, 6) is 2.75. The van der Waals surface area contributed by atoms with E-state index in [9.17, 15) is 0 Å². The Morgan fingerprint density at radius 1 is 0.889 bits per heavy atom. The van der Waals surface area contributed by atoms with Crippen molar-refractivity contribution in [3.8, 4) is 0 Å². The first kappa shape index (κ1) is 14.4. The molecule has 106 valence electrons. The Morgan fingerprint density at radius 3 is 2.06 bits per heavy atom. The third-order valence-electron chi connectivity index (χ3n) is 5.42. The van der Waals surface area contributed by atoms with Crippen LogP contribution in [0, 0.1) is 23.2 Å². The van der Waals surface area contributed by atoms with Crippen LogP contribution in [-0.2, 0) is 4.74 Å². The highest BCUT2D eigenvalue weighted by molar-refractivity contribution is 4.81. The molecule has 0 unspecified atom stereocenters.